The zero-order valence-corrected chi connectivity index (χ0v) is 15.9. The largest absolute Gasteiger partial charge is 0.355 e. The quantitative estimate of drug-likeness (QED) is 0.566. The first-order chi connectivity index (χ1) is 13.0. The van der Waals surface area contributed by atoms with Gasteiger partial charge in [0.2, 0.25) is 11.8 Å². The third kappa shape index (κ3) is 4.36. The van der Waals surface area contributed by atoms with Gasteiger partial charge in [-0.25, -0.2) is 0 Å². The molecule has 0 saturated carbocycles. The molecule has 1 saturated heterocycles. The fourth-order valence-corrected chi connectivity index (χ4v) is 3.40. The van der Waals surface area contributed by atoms with Crippen LogP contribution in [0.2, 0.25) is 0 Å². The molecule has 2 amide bonds. The van der Waals surface area contributed by atoms with Crippen LogP contribution in [0, 0.1) is 18.3 Å². The van der Waals surface area contributed by atoms with Crippen molar-refractivity contribution in [3.05, 3.63) is 29.8 Å². The number of terminal acetylenes is 1. The van der Waals surface area contributed by atoms with E-state index in [2.05, 4.69) is 35.3 Å². The molecule has 6 nitrogen and oxygen atoms in total. The Bertz CT molecular complexity index is 770. The molecule has 0 radical (unpaired) electrons. The van der Waals surface area contributed by atoms with E-state index in [-0.39, 0.29) is 11.8 Å². The number of nitrogens with one attached hydrogen (secondary N) is 1. The van der Waals surface area contributed by atoms with Crippen molar-refractivity contribution in [1.29, 1.82) is 0 Å². The van der Waals surface area contributed by atoms with Crippen molar-refractivity contribution in [3.8, 4) is 12.3 Å². The van der Waals surface area contributed by atoms with Crippen LogP contribution in [-0.4, -0.2) is 30.6 Å². The highest BCUT2D eigenvalue weighted by Crippen LogP contribution is 2.36. The summed E-state index contributed by atoms with van der Waals surface area (Å²) < 4.78 is 0. The van der Waals surface area contributed by atoms with Crippen LogP contribution in [0.4, 0.5) is 5.69 Å². The predicted octanol–water partition coefficient (Wildman–Crippen LogP) is 3.24. The number of nitrogens with zero attached hydrogens (tertiary/aromatic N) is 3. The molecule has 6 heteroatoms. The summed E-state index contributed by atoms with van der Waals surface area (Å²) in [6.07, 6.45) is 7.77. The second kappa shape index (κ2) is 7.91. The van der Waals surface area contributed by atoms with Crippen LogP contribution in [-0.2, 0) is 9.59 Å². The highest BCUT2D eigenvalue weighted by atomic mass is 16.2. The minimum absolute atomic E-state index is 0.132. The molecule has 2 aliphatic heterocycles. The van der Waals surface area contributed by atoms with Crippen LogP contribution in [0.25, 0.3) is 0 Å². The predicted molar refractivity (Wildman–Crippen MR) is 104 cm³/mol. The Morgan fingerprint density at radius 1 is 1.33 bits per heavy atom. The number of rotatable bonds is 8. The summed E-state index contributed by atoms with van der Waals surface area (Å²) in [5.41, 5.74) is 1.67. The minimum Gasteiger partial charge on any atom is -0.355 e. The third-order valence-corrected chi connectivity index (χ3v) is 5.27. The summed E-state index contributed by atoms with van der Waals surface area (Å²) in [6, 6.07) is 8.00. The molecule has 1 atom stereocenters. The Balaban J connectivity index is 1.50. The van der Waals surface area contributed by atoms with Gasteiger partial charge in [0.05, 0.1) is 0 Å². The van der Waals surface area contributed by atoms with Crippen molar-refractivity contribution in [2.75, 3.05) is 18.0 Å². The lowest BCUT2D eigenvalue weighted by Crippen LogP contribution is -2.38. The molecule has 2 aliphatic rings. The number of carbonyl (C=O) groups is 2. The molecule has 1 unspecified atom stereocenters. The van der Waals surface area contributed by atoms with Crippen LogP contribution in [0.3, 0.4) is 0 Å². The van der Waals surface area contributed by atoms with Gasteiger partial charge in [0.1, 0.15) is 5.92 Å². The van der Waals surface area contributed by atoms with E-state index in [9.17, 15) is 9.59 Å². The summed E-state index contributed by atoms with van der Waals surface area (Å²) in [5.74, 6) is 2.06. The summed E-state index contributed by atoms with van der Waals surface area (Å²) in [7, 11) is 0. The van der Waals surface area contributed by atoms with E-state index in [4.69, 9.17) is 6.42 Å². The summed E-state index contributed by atoms with van der Waals surface area (Å²) in [5, 5.41) is 11.0. The van der Waals surface area contributed by atoms with Gasteiger partial charge in [-0.3, -0.25) is 9.59 Å². The molecule has 1 fully saturated rings. The summed E-state index contributed by atoms with van der Waals surface area (Å²) in [6.45, 7) is 5.28. The lowest BCUT2D eigenvalue weighted by Gasteiger charge is -2.18. The van der Waals surface area contributed by atoms with Gasteiger partial charge in [0.25, 0.3) is 0 Å². The van der Waals surface area contributed by atoms with Crippen LogP contribution < -0.4 is 10.2 Å². The van der Waals surface area contributed by atoms with Crippen molar-refractivity contribution in [3.63, 3.8) is 0 Å². The maximum absolute atomic E-state index is 12.7. The highest BCUT2D eigenvalue weighted by Gasteiger charge is 2.40. The third-order valence-electron chi connectivity index (χ3n) is 5.27. The molecule has 0 aliphatic carbocycles. The van der Waals surface area contributed by atoms with Gasteiger partial charge >= 0.3 is 0 Å². The Labute approximate surface area is 160 Å². The van der Waals surface area contributed by atoms with Gasteiger partial charge < -0.3 is 10.2 Å². The van der Waals surface area contributed by atoms with Gasteiger partial charge in [-0.1, -0.05) is 26.0 Å². The summed E-state index contributed by atoms with van der Waals surface area (Å²) in [4.78, 5) is 26.8. The van der Waals surface area contributed by atoms with Gasteiger partial charge in [0.15, 0.2) is 5.66 Å². The molecule has 3 rings (SSSR count). The topological polar surface area (TPSA) is 74.1 Å². The maximum atomic E-state index is 12.7. The van der Waals surface area contributed by atoms with Crippen LogP contribution >= 0.6 is 0 Å². The first-order valence-electron chi connectivity index (χ1n) is 9.52. The number of hydrogen-bond donors (Lipinski definition) is 1. The molecular weight excluding hydrogens is 340 g/mol. The minimum atomic E-state index is -0.621. The summed E-state index contributed by atoms with van der Waals surface area (Å²) >= 11 is 0. The van der Waals surface area contributed by atoms with E-state index in [0.29, 0.717) is 44.7 Å². The van der Waals surface area contributed by atoms with Crippen LogP contribution in [0.15, 0.2) is 34.5 Å². The fourth-order valence-electron chi connectivity index (χ4n) is 3.40. The molecule has 1 aromatic rings. The lowest BCUT2D eigenvalue weighted by molar-refractivity contribution is -0.132. The first kappa shape index (κ1) is 19.1. The van der Waals surface area contributed by atoms with Gasteiger partial charge in [-0.2, -0.15) is 10.2 Å². The number of hydrogen-bond acceptors (Lipinski definition) is 4. The second-order valence-corrected chi connectivity index (χ2v) is 7.50. The molecule has 27 heavy (non-hydrogen) atoms. The van der Waals surface area contributed by atoms with E-state index in [1.807, 2.05) is 24.3 Å². The Morgan fingerprint density at radius 3 is 2.63 bits per heavy atom. The Kier molecular flexibility index (Phi) is 5.59. The molecule has 2 heterocycles. The van der Waals surface area contributed by atoms with Crippen molar-refractivity contribution in [2.24, 2.45) is 16.1 Å². The van der Waals surface area contributed by atoms with E-state index >= 15 is 0 Å². The molecule has 0 spiro atoms. The normalized spacial score (nSPS) is 20.0. The molecule has 1 N–H and O–H groups in total. The Morgan fingerprint density at radius 2 is 2.04 bits per heavy atom. The fraction of sp³-hybridized carbons (Fsp3) is 0.524. The van der Waals surface area contributed by atoms with E-state index < -0.39 is 11.6 Å². The molecule has 142 valence electrons. The molecule has 0 aromatic heterocycles. The van der Waals surface area contributed by atoms with Gasteiger partial charge in [0, 0.05) is 38.0 Å². The van der Waals surface area contributed by atoms with Gasteiger partial charge in [-0.15, -0.1) is 12.3 Å². The van der Waals surface area contributed by atoms with E-state index in [0.717, 1.165) is 5.69 Å². The maximum Gasteiger partial charge on any atom is 0.239 e. The first-order valence-corrected chi connectivity index (χ1v) is 9.52. The monoisotopic (exact) mass is 366 g/mol. The van der Waals surface area contributed by atoms with Crippen molar-refractivity contribution >= 4 is 17.5 Å². The number of carbonyl (C=O) groups excluding carboxylic acids is 2. The highest BCUT2D eigenvalue weighted by molar-refractivity contribution is 6.09. The smallest absolute Gasteiger partial charge is 0.239 e. The number of amides is 2. The van der Waals surface area contributed by atoms with Crippen molar-refractivity contribution in [1.82, 2.24) is 5.32 Å². The zero-order chi connectivity index (χ0) is 19.4. The van der Waals surface area contributed by atoms with Gasteiger partial charge in [-0.05, 0) is 30.0 Å². The number of anilines is 1. The van der Waals surface area contributed by atoms with E-state index in [1.165, 1.54) is 5.56 Å². The Hall–Kier alpha value is -2.68. The average molecular weight is 366 g/mol. The SMILES string of the molecule is C#CCCC1(CCNC(=O)C2CCN(c3ccc(C(C)C)cc3)C2=O)N=N1. The second-order valence-electron chi connectivity index (χ2n) is 7.50. The van der Waals surface area contributed by atoms with Crippen LogP contribution in [0.5, 0.6) is 0 Å². The van der Waals surface area contributed by atoms with Crippen molar-refractivity contribution < 1.29 is 9.59 Å². The standard InChI is InChI=1S/C21H26N4O2/c1-4-5-11-21(23-24-21)12-13-22-19(26)18-10-14-25(20(18)27)17-8-6-16(7-9-17)15(2)3/h1,6-9,15,18H,5,10-14H2,2-3H3,(H,22,26). The van der Waals surface area contributed by atoms with E-state index in [1.54, 1.807) is 4.90 Å². The number of benzene rings is 1. The zero-order valence-electron chi connectivity index (χ0n) is 15.9. The molecule has 0 bridgehead atoms. The van der Waals surface area contributed by atoms with Crippen molar-refractivity contribution in [2.45, 2.75) is 51.1 Å². The van der Waals surface area contributed by atoms with Crippen LogP contribution in [0.1, 0.15) is 51.0 Å². The lowest BCUT2D eigenvalue weighted by atomic mass is 10.0. The molecule has 1 aromatic carbocycles. The molecular formula is C21H26N4O2. The average Bonchev–Trinajstić information content (AvgIpc) is 3.32.